The number of rotatable bonds is 3. The van der Waals surface area contributed by atoms with E-state index < -0.39 is 0 Å². The van der Waals surface area contributed by atoms with Gasteiger partial charge in [-0.2, -0.15) is 0 Å². The molecule has 0 saturated carbocycles. The molecule has 0 aromatic heterocycles. The Morgan fingerprint density at radius 2 is 1.65 bits per heavy atom. The van der Waals surface area contributed by atoms with Crippen molar-refractivity contribution in [1.29, 1.82) is 0 Å². The third kappa shape index (κ3) is 2.60. The molecule has 2 aliphatic heterocycles. The van der Waals surface area contributed by atoms with E-state index in [1.54, 1.807) is 11.0 Å². The van der Waals surface area contributed by atoms with E-state index >= 15 is 0 Å². The highest BCUT2D eigenvalue weighted by molar-refractivity contribution is 6.06. The van der Waals surface area contributed by atoms with Gasteiger partial charge in [-0.05, 0) is 31.0 Å². The van der Waals surface area contributed by atoms with Crippen LogP contribution in [0.25, 0.3) is 0 Å². The smallest absolute Gasteiger partial charge is 0.254 e. The quantitative estimate of drug-likeness (QED) is 0.611. The van der Waals surface area contributed by atoms with Crippen molar-refractivity contribution in [3.63, 3.8) is 0 Å². The predicted molar refractivity (Wildman–Crippen MR) is 97.7 cm³/mol. The first-order chi connectivity index (χ1) is 12.5. The molecule has 2 saturated heterocycles. The molecular formula is C20H23N3O3. The van der Waals surface area contributed by atoms with Gasteiger partial charge in [-0.15, -0.1) is 0 Å². The average molecular weight is 353 g/mol. The molecule has 2 atom stereocenters. The summed E-state index contributed by atoms with van der Waals surface area (Å²) in [6.45, 7) is 0.852. The van der Waals surface area contributed by atoms with Gasteiger partial charge in [0, 0.05) is 38.4 Å². The molecular weight excluding hydrogens is 330 g/mol. The topological polar surface area (TPSA) is 60.9 Å². The molecule has 0 bridgehead atoms. The Labute approximate surface area is 153 Å². The highest BCUT2D eigenvalue weighted by atomic mass is 16.2. The van der Waals surface area contributed by atoms with Gasteiger partial charge >= 0.3 is 0 Å². The largest absolute Gasteiger partial charge is 0.378 e. The zero-order chi connectivity index (χ0) is 18.4. The number of fused-ring (bicyclic) bond motifs is 1. The molecule has 0 spiro atoms. The van der Waals surface area contributed by atoms with Gasteiger partial charge in [0.1, 0.15) is 0 Å². The second-order valence-electron chi connectivity index (χ2n) is 7.51. The van der Waals surface area contributed by atoms with E-state index in [1.807, 2.05) is 49.3 Å². The number of nitrogens with zero attached hydrogens (tertiary/aromatic N) is 3. The lowest BCUT2D eigenvalue weighted by molar-refractivity contribution is -0.145. The first kappa shape index (κ1) is 16.8. The van der Waals surface area contributed by atoms with Crippen LogP contribution in [0.5, 0.6) is 0 Å². The SMILES string of the molecule is CN(C)c1cccc(C(=O)N2CC(N3C(=O)C4CC=CCC4C3=O)C2)c1. The van der Waals surface area contributed by atoms with E-state index in [0.717, 1.165) is 5.69 Å². The molecule has 26 heavy (non-hydrogen) atoms. The Balaban J connectivity index is 1.43. The van der Waals surface area contributed by atoms with Crippen molar-refractivity contribution in [3.05, 3.63) is 42.0 Å². The molecule has 6 heteroatoms. The second kappa shape index (κ2) is 6.27. The van der Waals surface area contributed by atoms with Gasteiger partial charge in [0.15, 0.2) is 0 Å². The molecule has 4 rings (SSSR count). The number of amides is 3. The van der Waals surface area contributed by atoms with Crippen LogP contribution >= 0.6 is 0 Å². The summed E-state index contributed by atoms with van der Waals surface area (Å²) in [6, 6.07) is 7.30. The van der Waals surface area contributed by atoms with Crippen LogP contribution in [0.2, 0.25) is 0 Å². The third-order valence-corrected chi connectivity index (χ3v) is 5.67. The Morgan fingerprint density at radius 1 is 1.04 bits per heavy atom. The maximum atomic E-state index is 12.7. The number of benzene rings is 1. The number of hydrogen-bond donors (Lipinski definition) is 0. The van der Waals surface area contributed by atoms with Crippen LogP contribution in [0.4, 0.5) is 5.69 Å². The lowest BCUT2D eigenvalue weighted by Crippen LogP contribution is -2.62. The molecule has 3 aliphatic rings. The molecule has 6 nitrogen and oxygen atoms in total. The maximum Gasteiger partial charge on any atom is 0.254 e. The summed E-state index contributed by atoms with van der Waals surface area (Å²) in [7, 11) is 3.87. The normalized spacial score (nSPS) is 25.3. The van der Waals surface area contributed by atoms with Gasteiger partial charge in [-0.1, -0.05) is 18.2 Å². The summed E-state index contributed by atoms with van der Waals surface area (Å²) >= 11 is 0. The van der Waals surface area contributed by atoms with Gasteiger partial charge in [-0.3, -0.25) is 19.3 Å². The van der Waals surface area contributed by atoms with E-state index in [4.69, 9.17) is 0 Å². The van der Waals surface area contributed by atoms with Gasteiger partial charge in [0.2, 0.25) is 11.8 Å². The lowest BCUT2D eigenvalue weighted by atomic mass is 9.85. The number of imide groups is 1. The van der Waals surface area contributed by atoms with Crippen LogP contribution < -0.4 is 4.90 Å². The Morgan fingerprint density at radius 3 is 2.23 bits per heavy atom. The lowest BCUT2D eigenvalue weighted by Gasteiger charge is -2.43. The number of hydrogen-bond acceptors (Lipinski definition) is 4. The Kier molecular flexibility index (Phi) is 4.05. The van der Waals surface area contributed by atoms with Crippen molar-refractivity contribution in [2.75, 3.05) is 32.1 Å². The van der Waals surface area contributed by atoms with Crippen LogP contribution in [0.15, 0.2) is 36.4 Å². The van der Waals surface area contributed by atoms with Crippen molar-refractivity contribution in [1.82, 2.24) is 9.80 Å². The summed E-state index contributed by atoms with van der Waals surface area (Å²) in [6.07, 6.45) is 5.28. The van der Waals surface area contributed by atoms with Crippen molar-refractivity contribution < 1.29 is 14.4 Å². The van der Waals surface area contributed by atoms with E-state index in [-0.39, 0.29) is 35.6 Å². The van der Waals surface area contributed by atoms with E-state index in [9.17, 15) is 14.4 Å². The minimum absolute atomic E-state index is 0.0527. The molecule has 1 aromatic carbocycles. The van der Waals surface area contributed by atoms with Crippen LogP contribution in [-0.2, 0) is 9.59 Å². The Hall–Kier alpha value is -2.63. The van der Waals surface area contributed by atoms with Crippen LogP contribution in [0.1, 0.15) is 23.2 Å². The van der Waals surface area contributed by atoms with E-state index in [1.165, 1.54) is 4.90 Å². The third-order valence-electron chi connectivity index (χ3n) is 5.67. The number of allylic oxidation sites excluding steroid dienone is 2. The van der Waals surface area contributed by atoms with Gasteiger partial charge in [0.25, 0.3) is 5.91 Å². The minimum atomic E-state index is -0.200. The average Bonchev–Trinajstić information content (AvgIpc) is 2.86. The molecule has 136 valence electrons. The van der Waals surface area contributed by atoms with Crippen LogP contribution in [0, 0.1) is 11.8 Å². The highest BCUT2D eigenvalue weighted by Gasteiger charge is 2.52. The fourth-order valence-electron chi connectivity index (χ4n) is 4.07. The van der Waals surface area contributed by atoms with Crippen LogP contribution in [0.3, 0.4) is 0 Å². The monoisotopic (exact) mass is 353 g/mol. The van der Waals surface area contributed by atoms with Crippen LogP contribution in [-0.4, -0.2) is 60.7 Å². The second-order valence-corrected chi connectivity index (χ2v) is 7.51. The summed E-state index contributed by atoms with van der Waals surface area (Å²) in [5.41, 5.74) is 1.60. The van der Waals surface area contributed by atoms with Gasteiger partial charge < -0.3 is 9.80 Å². The summed E-state index contributed by atoms with van der Waals surface area (Å²) in [4.78, 5) is 43.0. The molecule has 3 amide bonds. The van der Waals surface area contributed by atoms with E-state index in [2.05, 4.69) is 0 Å². The molecule has 0 N–H and O–H groups in total. The molecule has 0 radical (unpaired) electrons. The number of likely N-dealkylation sites (tertiary alicyclic amines) is 2. The number of carbonyl (C=O) groups is 3. The van der Waals surface area contributed by atoms with Gasteiger partial charge in [-0.25, -0.2) is 0 Å². The van der Waals surface area contributed by atoms with Crippen molar-refractivity contribution >= 4 is 23.4 Å². The van der Waals surface area contributed by atoms with Gasteiger partial charge in [0.05, 0.1) is 17.9 Å². The zero-order valence-corrected chi connectivity index (χ0v) is 15.1. The standard InChI is InChI=1S/C20H23N3O3/c1-21(2)14-7-5-6-13(10-14)18(24)22-11-15(12-22)23-19(25)16-8-3-4-9-17(16)20(23)26/h3-7,10,15-17H,8-9,11-12H2,1-2H3. The summed E-state index contributed by atoms with van der Waals surface area (Å²) < 4.78 is 0. The predicted octanol–water partition coefficient (Wildman–Crippen LogP) is 1.53. The zero-order valence-electron chi connectivity index (χ0n) is 15.1. The minimum Gasteiger partial charge on any atom is -0.378 e. The summed E-state index contributed by atoms with van der Waals surface area (Å²) in [5, 5.41) is 0. The molecule has 1 aliphatic carbocycles. The first-order valence-corrected chi connectivity index (χ1v) is 9.06. The highest BCUT2D eigenvalue weighted by Crippen LogP contribution is 2.37. The van der Waals surface area contributed by atoms with E-state index in [0.29, 0.717) is 31.5 Å². The Bertz CT molecular complexity index is 769. The molecule has 2 unspecified atom stereocenters. The molecule has 2 fully saturated rings. The van der Waals surface area contributed by atoms with Crippen molar-refractivity contribution in [3.8, 4) is 0 Å². The maximum absolute atomic E-state index is 12.7. The van der Waals surface area contributed by atoms with Crippen molar-refractivity contribution in [2.45, 2.75) is 18.9 Å². The first-order valence-electron chi connectivity index (χ1n) is 9.06. The number of anilines is 1. The fourth-order valence-corrected chi connectivity index (χ4v) is 4.07. The van der Waals surface area contributed by atoms with Crippen molar-refractivity contribution in [2.24, 2.45) is 11.8 Å². The molecule has 1 aromatic rings. The summed E-state index contributed by atoms with van der Waals surface area (Å²) in [5.74, 6) is -0.571. The fraction of sp³-hybridized carbons (Fsp3) is 0.450. The number of carbonyl (C=O) groups excluding carboxylic acids is 3. The molecule has 2 heterocycles.